The van der Waals surface area contributed by atoms with Gasteiger partial charge in [0.2, 0.25) is 0 Å². The lowest BCUT2D eigenvalue weighted by Crippen LogP contribution is -2.14. The summed E-state index contributed by atoms with van der Waals surface area (Å²) in [6.45, 7) is 8.50. The number of hydrogen-bond donors (Lipinski definition) is 0. The third-order valence-corrected chi connectivity index (χ3v) is 5.29. The Morgan fingerprint density at radius 3 is 2.44 bits per heavy atom. The Hall–Kier alpha value is -1.87. The second-order valence-corrected chi connectivity index (χ2v) is 7.31. The van der Waals surface area contributed by atoms with Crippen molar-refractivity contribution in [3.63, 3.8) is 0 Å². The number of halogens is 1. The first-order valence-corrected chi connectivity index (χ1v) is 9.67. The van der Waals surface area contributed by atoms with Gasteiger partial charge in [0.15, 0.2) is 0 Å². The number of nitrogens with zero attached hydrogens (tertiary/aromatic N) is 1. The molecule has 3 aromatic rings. The molecule has 0 fully saturated rings. The summed E-state index contributed by atoms with van der Waals surface area (Å²) < 4.78 is 7.40. The average molecular weight is 398 g/mol. The van der Waals surface area contributed by atoms with Crippen LogP contribution < -0.4 is 4.74 Å². The van der Waals surface area contributed by atoms with Gasteiger partial charge in [0, 0.05) is 32.7 Å². The highest BCUT2D eigenvalue weighted by Gasteiger charge is 2.15. The van der Waals surface area contributed by atoms with Gasteiger partial charge >= 0.3 is 0 Å². The van der Waals surface area contributed by atoms with Crippen LogP contribution in [0.4, 0.5) is 0 Å². The number of aromatic nitrogens is 1. The molecule has 1 heterocycles. The number of para-hydroxylation sites is 1. The molecule has 2 aromatic carbocycles. The Morgan fingerprint density at radius 1 is 1.04 bits per heavy atom. The Balaban J connectivity index is 2.25. The number of rotatable bonds is 5. The third kappa shape index (κ3) is 3.57. The first-order valence-electron chi connectivity index (χ1n) is 8.87. The van der Waals surface area contributed by atoms with E-state index in [1.54, 1.807) is 0 Å². The van der Waals surface area contributed by atoms with E-state index in [9.17, 15) is 0 Å². The van der Waals surface area contributed by atoms with E-state index in [1.807, 2.05) is 6.92 Å². The standard InChI is InChI=1S/C22H24BrNO/c1-5-16(6-2)25-20-13-15(4)24-22-17(20)10-8-11-18(22)21-14(3)9-7-12-19(21)23/h7-13,16H,5-6H2,1-4H3. The van der Waals surface area contributed by atoms with Crippen molar-refractivity contribution in [1.82, 2.24) is 4.98 Å². The van der Waals surface area contributed by atoms with Crippen LogP contribution in [0.3, 0.4) is 0 Å². The molecule has 0 aliphatic carbocycles. The molecule has 0 saturated heterocycles. The molecule has 0 aliphatic rings. The van der Waals surface area contributed by atoms with E-state index in [1.165, 1.54) is 11.1 Å². The minimum Gasteiger partial charge on any atom is -0.490 e. The summed E-state index contributed by atoms with van der Waals surface area (Å²) in [4.78, 5) is 4.85. The maximum Gasteiger partial charge on any atom is 0.130 e. The van der Waals surface area contributed by atoms with E-state index in [-0.39, 0.29) is 6.10 Å². The highest BCUT2D eigenvalue weighted by Crippen LogP contribution is 2.38. The van der Waals surface area contributed by atoms with Crippen molar-refractivity contribution in [2.45, 2.75) is 46.6 Å². The van der Waals surface area contributed by atoms with E-state index >= 15 is 0 Å². The summed E-state index contributed by atoms with van der Waals surface area (Å²) in [7, 11) is 0. The van der Waals surface area contributed by atoms with E-state index in [0.29, 0.717) is 0 Å². The summed E-state index contributed by atoms with van der Waals surface area (Å²) >= 11 is 3.71. The van der Waals surface area contributed by atoms with Crippen LogP contribution in [0, 0.1) is 13.8 Å². The molecule has 0 N–H and O–H groups in total. The number of benzene rings is 2. The molecule has 3 heteroatoms. The first kappa shape index (κ1) is 17.9. The number of hydrogen-bond acceptors (Lipinski definition) is 2. The van der Waals surface area contributed by atoms with Crippen molar-refractivity contribution < 1.29 is 4.74 Å². The molecule has 0 amide bonds. The molecule has 0 unspecified atom stereocenters. The molecule has 2 nitrogen and oxygen atoms in total. The van der Waals surface area contributed by atoms with Crippen molar-refractivity contribution >= 4 is 26.8 Å². The van der Waals surface area contributed by atoms with E-state index < -0.39 is 0 Å². The van der Waals surface area contributed by atoms with E-state index in [0.717, 1.165) is 45.2 Å². The molecule has 0 atom stereocenters. The second kappa shape index (κ2) is 7.57. The number of pyridine rings is 1. The fourth-order valence-electron chi connectivity index (χ4n) is 3.25. The zero-order chi connectivity index (χ0) is 18.0. The summed E-state index contributed by atoms with van der Waals surface area (Å²) in [6, 6.07) is 14.7. The zero-order valence-corrected chi connectivity index (χ0v) is 16.9. The number of fused-ring (bicyclic) bond motifs is 1. The first-order chi connectivity index (χ1) is 12.0. The highest BCUT2D eigenvalue weighted by molar-refractivity contribution is 9.10. The molecular formula is C22H24BrNO. The predicted molar refractivity (Wildman–Crippen MR) is 109 cm³/mol. The van der Waals surface area contributed by atoms with Gasteiger partial charge in [0.25, 0.3) is 0 Å². The van der Waals surface area contributed by atoms with Gasteiger partial charge in [0.05, 0.1) is 11.6 Å². The summed E-state index contributed by atoms with van der Waals surface area (Å²) in [5.74, 6) is 0.933. The van der Waals surface area contributed by atoms with Crippen LogP contribution in [0.25, 0.3) is 22.0 Å². The molecule has 0 radical (unpaired) electrons. The fourth-order valence-corrected chi connectivity index (χ4v) is 3.92. The van der Waals surface area contributed by atoms with Crippen molar-refractivity contribution in [3.8, 4) is 16.9 Å². The second-order valence-electron chi connectivity index (χ2n) is 6.45. The minimum atomic E-state index is 0.235. The smallest absolute Gasteiger partial charge is 0.130 e. The topological polar surface area (TPSA) is 22.1 Å². The molecule has 3 rings (SSSR count). The zero-order valence-electron chi connectivity index (χ0n) is 15.3. The molecule has 0 bridgehead atoms. The van der Waals surface area contributed by atoms with Crippen LogP contribution in [0.2, 0.25) is 0 Å². The average Bonchev–Trinajstić information content (AvgIpc) is 2.59. The lowest BCUT2D eigenvalue weighted by Gasteiger charge is -2.19. The molecule has 130 valence electrons. The normalized spacial score (nSPS) is 11.3. The molecule has 1 aromatic heterocycles. The van der Waals surface area contributed by atoms with Crippen LogP contribution in [0.5, 0.6) is 5.75 Å². The van der Waals surface area contributed by atoms with Crippen molar-refractivity contribution in [3.05, 3.63) is 58.2 Å². The van der Waals surface area contributed by atoms with Gasteiger partial charge < -0.3 is 4.74 Å². The van der Waals surface area contributed by atoms with E-state index in [2.05, 4.69) is 79.2 Å². The maximum absolute atomic E-state index is 6.31. The fraction of sp³-hybridized carbons (Fsp3) is 0.318. The van der Waals surface area contributed by atoms with Gasteiger partial charge in [-0.05, 0) is 44.4 Å². The number of aryl methyl sites for hydroxylation is 2. The van der Waals surface area contributed by atoms with Gasteiger partial charge in [-0.2, -0.15) is 0 Å². The lowest BCUT2D eigenvalue weighted by atomic mass is 9.97. The Bertz CT molecular complexity index is 880. The number of ether oxygens (including phenoxy) is 1. The molecule has 0 spiro atoms. The van der Waals surface area contributed by atoms with Gasteiger partial charge in [-0.15, -0.1) is 0 Å². The van der Waals surface area contributed by atoms with Gasteiger partial charge in [-0.3, -0.25) is 4.98 Å². The van der Waals surface area contributed by atoms with Crippen molar-refractivity contribution in [1.29, 1.82) is 0 Å². The molecule has 0 saturated carbocycles. The molecular weight excluding hydrogens is 374 g/mol. The summed E-state index contributed by atoms with van der Waals surface area (Å²) in [5, 5.41) is 1.07. The largest absolute Gasteiger partial charge is 0.490 e. The Kier molecular flexibility index (Phi) is 5.43. The Morgan fingerprint density at radius 2 is 1.76 bits per heavy atom. The van der Waals surface area contributed by atoms with Gasteiger partial charge in [-0.1, -0.05) is 54.0 Å². The van der Waals surface area contributed by atoms with Crippen LogP contribution in [0.1, 0.15) is 37.9 Å². The van der Waals surface area contributed by atoms with Crippen LogP contribution >= 0.6 is 15.9 Å². The third-order valence-electron chi connectivity index (χ3n) is 4.63. The summed E-state index contributed by atoms with van der Waals surface area (Å²) in [6.07, 6.45) is 2.24. The predicted octanol–water partition coefficient (Wildman–Crippen LogP) is 6.85. The van der Waals surface area contributed by atoms with Crippen LogP contribution in [-0.4, -0.2) is 11.1 Å². The minimum absolute atomic E-state index is 0.235. The van der Waals surface area contributed by atoms with Crippen molar-refractivity contribution in [2.75, 3.05) is 0 Å². The molecule has 25 heavy (non-hydrogen) atoms. The van der Waals surface area contributed by atoms with Gasteiger partial charge in [-0.25, -0.2) is 0 Å². The highest BCUT2D eigenvalue weighted by atomic mass is 79.9. The van der Waals surface area contributed by atoms with Crippen LogP contribution in [-0.2, 0) is 0 Å². The van der Waals surface area contributed by atoms with Gasteiger partial charge in [0.1, 0.15) is 5.75 Å². The SMILES string of the molecule is CCC(CC)Oc1cc(C)nc2c(-c3c(C)cccc3Br)cccc12. The quantitative estimate of drug-likeness (QED) is 0.469. The maximum atomic E-state index is 6.31. The Labute approximate surface area is 158 Å². The summed E-state index contributed by atoms with van der Waals surface area (Å²) in [5.41, 5.74) is 5.54. The van der Waals surface area contributed by atoms with Crippen molar-refractivity contribution in [2.24, 2.45) is 0 Å². The van der Waals surface area contributed by atoms with Crippen LogP contribution in [0.15, 0.2) is 46.9 Å². The lowest BCUT2D eigenvalue weighted by molar-refractivity contribution is 0.195. The monoisotopic (exact) mass is 397 g/mol. The molecule has 0 aliphatic heterocycles. The van der Waals surface area contributed by atoms with E-state index in [4.69, 9.17) is 9.72 Å².